The van der Waals surface area contributed by atoms with Gasteiger partial charge in [-0.2, -0.15) is 0 Å². The standard InChI is InChI=1S/C13H19ClN2O/c14-12-3-1-2-9(13(12)17)8-16-11-6-4-10(15)5-7-11/h1-3,10-11,16-17H,4-8,15H2. The van der Waals surface area contributed by atoms with Crippen molar-refractivity contribution in [3.63, 3.8) is 0 Å². The third kappa shape index (κ3) is 3.35. The van der Waals surface area contributed by atoms with E-state index in [0.29, 0.717) is 23.7 Å². The summed E-state index contributed by atoms with van der Waals surface area (Å²) >= 11 is 5.86. The van der Waals surface area contributed by atoms with E-state index in [-0.39, 0.29) is 5.75 Å². The van der Waals surface area contributed by atoms with E-state index in [0.717, 1.165) is 31.2 Å². The Balaban J connectivity index is 1.87. The molecule has 1 aliphatic carbocycles. The van der Waals surface area contributed by atoms with Crippen molar-refractivity contribution >= 4 is 11.6 Å². The van der Waals surface area contributed by atoms with Gasteiger partial charge in [-0.3, -0.25) is 0 Å². The molecule has 1 aromatic rings. The maximum Gasteiger partial charge on any atom is 0.138 e. The number of para-hydroxylation sites is 1. The molecule has 0 unspecified atom stereocenters. The van der Waals surface area contributed by atoms with Gasteiger partial charge in [0.1, 0.15) is 5.75 Å². The number of nitrogens with one attached hydrogen (secondary N) is 1. The largest absolute Gasteiger partial charge is 0.506 e. The molecule has 0 radical (unpaired) electrons. The number of hydrogen-bond donors (Lipinski definition) is 3. The van der Waals surface area contributed by atoms with E-state index in [4.69, 9.17) is 17.3 Å². The molecule has 4 heteroatoms. The maximum absolute atomic E-state index is 9.78. The van der Waals surface area contributed by atoms with Crippen molar-refractivity contribution in [2.45, 2.75) is 44.3 Å². The summed E-state index contributed by atoms with van der Waals surface area (Å²) in [5.41, 5.74) is 6.72. The lowest BCUT2D eigenvalue weighted by atomic mass is 9.92. The van der Waals surface area contributed by atoms with Crippen LogP contribution in [-0.4, -0.2) is 17.2 Å². The fraction of sp³-hybridized carbons (Fsp3) is 0.538. The summed E-state index contributed by atoms with van der Waals surface area (Å²) < 4.78 is 0. The van der Waals surface area contributed by atoms with Gasteiger partial charge in [-0.15, -0.1) is 0 Å². The van der Waals surface area contributed by atoms with Crippen molar-refractivity contribution in [3.8, 4) is 5.75 Å². The molecular formula is C13H19ClN2O. The topological polar surface area (TPSA) is 58.3 Å². The minimum absolute atomic E-state index is 0.189. The van der Waals surface area contributed by atoms with Gasteiger partial charge in [0.2, 0.25) is 0 Å². The number of nitrogens with two attached hydrogens (primary N) is 1. The number of hydrogen-bond acceptors (Lipinski definition) is 3. The molecule has 1 aromatic carbocycles. The van der Waals surface area contributed by atoms with Crippen LogP contribution in [0.4, 0.5) is 0 Å². The van der Waals surface area contributed by atoms with E-state index >= 15 is 0 Å². The first kappa shape index (κ1) is 12.7. The van der Waals surface area contributed by atoms with Crippen LogP contribution >= 0.6 is 11.6 Å². The van der Waals surface area contributed by atoms with E-state index < -0.39 is 0 Å². The zero-order valence-corrected chi connectivity index (χ0v) is 10.6. The molecule has 1 saturated carbocycles. The number of rotatable bonds is 3. The monoisotopic (exact) mass is 254 g/mol. The van der Waals surface area contributed by atoms with Gasteiger partial charge in [0.05, 0.1) is 5.02 Å². The molecule has 0 aromatic heterocycles. The van der Waals surface area contributed by atoms with E-state index in [2.05, 4.69) is 5.32 Å². The zero-order valence-electron chi connectivity index (χ0n) is 9.82. The smallest absolute Gasteiger partial charge is 0.138 e. The van der Waals surface area contributed by atoms with Crippen molar-refractivity contribution < 1.29 is 5.11 Å². The predicted molar refractivity (Wildman–Crippen MR) is 70.2 cm³/mol. The molecule has 1 fully saturated rings. The predicted octanol–water partition coefficient (Wildman–Crippen LogP) is 2.41. The van der Waals surface area contributed by atoms with Crippen LogP contribution in [-0.2, 0) is 6.54 Å². The Morgan fingerprint density at radius 2 is 2.00 bits per heavy atom. The summed E-state index contributed by atoms with van der Waals surface area (Å²) in [6.07, 6.45) is 4.39. The van der Waals surface area contributed by atoms with Crippen LogP contribution in [0.15, 0.2) is 18.2 Å². The molecule has 0 spiro atoms. The summed E-state index contributed by atoms with van der Waals surface area (Å²) in [5, 5.41) is 13.6. The first-order chi connectivity index (χ1) is 8.16. The second-order valence-corrected chi connectivity index (χ2v) is 5.15. The third-order valence-electron chi connectivity index (χ3n) is 3.42. The van der Waals surface area contributed by atoms with Crippen LogP contribution in [0.25, 0.3) is 0 Å². The molecule has 4 N–H and O–H groups in total. The highest BCUT2D eigenvalue weighted by Gasteiger charge is 2.18. The normalized spacial score (nSPS) is 24.8. The average molecular weight is 255 g/mol. The fourth-order valence-corrected chi connectivity index (χ4v) is 2.47. The summed E-state index contributed by atoms with van der Waals surface area (Å²) in [6, 6.07) is 6.32. The van der Waals surface area contributed by atoms with Crippen molar-refractivity contribution in [3.05, 3.63) is 28.8 Å². The summed E-state index contributed by atoms with van der Waals surface area (Å²) in [6.45, 7) is 0.659. The van der Waals surface area contributed by atoms with Crippen LogP contribution in [0.5, 0.6) is 5.75 Å². The zero-order chi connectivity index (χ0) is 12.3. The summed E-state index contributed by atoms with van der Waals surface area (Å²) in [7, 11) is 0. The van der Waals surface area contributed by atoms with Crippen molar-refractivity contribution in [1.82, 2.24) is 5.32 Å². The van der Waals surface area contributed by atoms with Crippen LogP contribution in [0.1, 0.15) is 31.2 Å². The van der Waals surface area contributed by atoms with Gasteiger partial charge in [-0.1, -0.05) is 23.7 Å². The molecule has 3 nitrogen and oxygen atoms in total. The van der Waals surface area contributed by atoms with Gasteiger partial charge in [0.15, 0.2) is 0 Å². The second kappa shape index (κ2) is 5.71. The Morgan fingerprint density at radius 3 is 2.71 bits per heavy atom. The fourth-order valence-electron chi connectivity index (χ4n) is 2.28. The molecule has 0 saturated heterocycles. The van der Waals surface area contributed by atoms with E-state index in [1.807, 2.05) is 12.1 Å². The van der Waals surface area contributed by atoms with Gasteiger partial charge in [-0.05, 0) is 31.7 Å². The van der Waals surface area contributed by atoms with E-state index in [9.17, 15) is 5.11 Å². The Bertz CT molecular complexity index is 376. The highest BCUT2D eigenvalue weighted by atomic mass is 35.5. The summed E-state index contributed by atoms with van der Waals surface area (Å²) in [5.74, 6) is 0.189. The van der Waals surface area contributed by atoms with Gasteiger partial charge in [0.25, 0.3) is 0 Å². The van der Waals surface area contributed by atoms with Gasteiger partial charge in [-0.25, -0.2) is 0 Å². The molecule has 0 atom stereocenters. The Kier molecular flexibility index (Phi) is 4.26. The number of halogens is 1. The van der Waals surface area contributed by atoms with Crippen LogP contribution in [0, 0.1) is 0 Å². The van der Waals surface area contributed by atoms with E-state index in [1.165, 1.54) is 0 Å². The Hall–Kier alpha value is -0.770. The minimum atomic E-state index is 0.189. The van der Waals surface area contributed by atoms with Crippen molar-refractivity contribution in [2.75, 3.05) is 0 Å². The highest BCUT2D eigenvalue weighted by molar-refractivity contribution is 6.32. The third-order valence-corrected chi connectivity index (χ3v) is 3.73. The van der Waals surface area contributed by atoms with Gasteiger partial charge >= 0.3 is 0 Å². The van der Waals surface area contributed by atoms with E-state index in [1.54, 1.807) is 6.07 Å². The average Bonchev–Trinajstić information content (AvgIpc) is 2.33. The lowest BCUT2D eigenvalue weighted by Gasteiger charge is -2.27. The molecular weight excluding hydrogens is 236 g/mol. The van der Waals surface area contributed by atoms with Crippen LogP contribution in [0.2, 0.25) is 5.02 Å². The Labute approximate surface area is 107 Å². The van der Waals surface area contributed by atoms with Crippen LogP contribution in [0.3, 0.4) is 0 Å². The number of phenols is 1. The number of benzene rings is 1. The SMILES string of the molecule is NC1CCC(NCc2cccc(Cl)c2O)CC1. The minimum Gasteiger partial charge on any atom is -0.506 e. The molecule has 0 bridgehead atoms. The molecule has 0 amide bonds. The molecule has 0 aliphatic heterocycles. The van der Waals surface area contributed by atoms with Crippen molar-refractivity contribution in [1.29, 1.82) is 0 Å². The molecule has 1 aliphatic rings. The number of phenolic OH excluding ortho intramolecular Hbond substituents is 1. The van der Waals surface area contributed by atoms with Gasteiger partial charge < -0.3 is 16.2 Å². The molecule has 94 valence electrons. The molecule has 0 heterocycles. The first-order valence-electron chi connectivity index (χ1n) is 6.12. The lowest BCUT2D eigenvalue weighted by molar-refractivity contribution is 0.340. The molecule has 17 heavy (non-hydrogen) atoms. The maximum atomic E-state index is 9.78. The second-order valence-electron chi connectivity index (χ2n) is 4.74. The lowest BCUT2D eigenvalue weighted by Crippen LogP contribution is -2.37. The molecule has 2 rings (SSSR count). The first-order valence-corrected chi connectivity index (χ1v) is 6.50. The summed E-state index contributed by atoms with van der Waals surface area (Å²) in [4.78, 5) is 0. The van der Waals surface area contributed by atoms with Crippen molar-refractivity contribution in [2.24, 2.45) is 5.73 Å². The quantitative estimate of drug-likeness (QED) is 0.776. The highest BCUT2D eigenvalue weighted by Crippen LogP contribution is 2.27. The number of aromatic hydroxyl groups is 1. The van der Waals surface area contributed by atoms with Gasteiger partial charge in [0, 0.05) is 24.2 Å². The van der Waals surface area contributed by atoms with Crippen LogP contribution < -0.4 is 11.1 Å². The Morgan fingerprint density at radius 1 is 1.29 bits per heavy atom.